The quantitative estimate of drug-likeness (QED) is 0.888. The molecule has 0 spiro atoms. The van der Waals surface area contributed by atoms with Gasteiger partial charge < -0.3 is 20.1 Å². The zero-order valence-corrected chi connectivity index (χ0v) is 11.3. The van der Waals surface area contributed by atoms with Crippen molar-refractivity contribution < 1.29 is 14.3 Å². The first-order valence-electron chi connectivity index (χ1n) is 6.17. The summed E-state index contributed by atoms with van der Waals surface area (Å²) in [6, 6.07) is 5.32. The number of hydrogen-bond acceptors (Lipinski definition) is 4. The monoisotopic (exact) mass is 284 g/mol. The minimum absolute atomic E-state index is 0. The van der Waals surface area contributed by atoms with Crippen molar-refractivity contribution in [3.63, 3.8) is 0 Å². The van der Waals surface area contributed by atoms with E-state index in [-0.39, 0.29) is 25.1 Å². The van der Waals surface area contributed by atoms with Crippen LogP contribution in [0.5, 0.6) is 11.5 Å². The highest BCUT2D eigenvalue weighted by molar-refractivity contribution is 5.95. The first kappa shape index (κ1) is 14.0. The Labute approximate surface area is 118 Å². The molecule has 104 valence electrons. The summed E-state index contributed by atoms with van der Waals surface area (Å²) in [4.78, 5) is 14.2. The summed E-state index contributed by atoms with van der Waals surface area (Å²) in [5.41, 5.74) is 6.28. The highest BCUT2D eigenvalue weighted by Crippen LogP contribution is 2.33. The Morgan fingerprint density at radius 3 is 2.89 bits per heavy atom. The fraction of sp³-hybridized carbons (Fsp3) is 0.462. The van der Waals surface area contributed by atoms with Gasteiger partial charge in [-0.1, -0.05) is 0 Å². The zero-order valence-electron chi connectivity index (χ0n) is 10.5. The number of benzene rings is 1. The number of carbonyl (C=O) groups excluding carboxylic acids is 1. The van der Waals surface area contributed by atoms with Gasteiger partial charge >= 0.3 is 0 Å². The summed E-state index contributed by atoms with van der Waals surface area (Å²) in [5.74, 6) is 1.83. The first-order valence-corrected chi connectivity index (χ1v) is 6.17. The predicted octanol–water partition coefficient (Wildman–Crippen LogP) is 1.26. The fourth-order valence-electron chi connectivity index (χ4n) is 2.42. The van der Waals surface area contributed by atoms with E-state index in [0.717, 1.165) is 19.5 Å². The summed E-state index contributed by atoms with van der Waals surface area (Å²) in [6.45, 7) is 2.41. The molecule has 1 saturated heterocycles. The van der Waals surface area contributed by atoms with Gasteiger partial charge in [0.1, 0.15) is 0 Å². The molecule has 1 atom stereocenters. The number of nitrogens with two attached hydrogens (primary N) is 1. The molecule has 1 fully saturated rings. The lowest BCUT2D eigenvalue weighted by Gasteiger charge is -2.16. The van der Waals surface area contributed by atoms with Gasteiger partial charge in [0.2, 0.25) is 6.79 Å². The zero-order chi connectivity index (χ0) is 12.5. The van der Waals surface area contributed by atoms with E-state index in [4.69, 9.17) is 15.2 Å². The third kappa shape index (κ3) is 2.62. The van der Waals surface area contributed by atoms with Crippen LogP contribution in [0.15, 0.2) is 18.2 Å². The van der Waals surface area contributed by atoms with Crippen molar-refractivity contribution in [3.05, 3.63) is 23.8 Å². The molecular formula is C13H17ClN2O3. The van der Waals surface area contributed by atoms with Crippen molar-refractivity contribution in [1.29, 1.82) is 0 Å². The average molecular weight is 285 g/mol. The van der Waals surface area contributed by atoms with Gasteiger partial charge in [-0.2, -0.15) is 0 Å². The lowest BCUT2D eigenvalue weighted by Crippen LogP contribution is -2.29. The van der Waals surface area contributed by atoms with Crippen LogP contribution in [0.25, 0.3) is 0 Å². The van der Waals surface area contributed by atoms with Crippen molar-refractivity contribution >= 4 is 18.3 Å². The maximum Gasteiger partial charge on any atom is 0.254 e. The van der Waals surface area contributed by atoms with Crippen LogP contribution in [-0.2, 0) is 0 Å². The number of ether oxygens (including phenoxy) is 2. The normalized spacial score (nSPS) is 20.3. The summed E-state index contributed by atoms with van der Waals surface area (Å²) >= 11 is 0. The second-order valence-electron chi connectivity index (χ2n) is 4.71. The molecule has 0 bridgehead atoms. The minimum atomic E-state index is 0. The number of rotatable bonds is 2. The van der Waals surface area contributed by atoms with Gasteiger partial charge in [0.25, 0.3) is 5.91 Å². The molecule has 0 saturated carbocycles. The van der Waals surface area contributed by atoms with Crippen molar-refractivity contribution in [1.82, 2.24) is 4.90 Å². The molecule has 6 heteroatoms. The molecule has 2 N–H and O–H groups in total. The third-order valence-corrected chi connectivity index (χ3v) is 3.53. The molecule has 0 radical (unpaired) electrons. The van der Waals surface area contributed by atoms with Gasteiger partial charge in [-0.25, -0.2) is 0 Å². The Morgan fingerprint density at radius 1 is 1.37 bits per heavy atom. The standard InChI is InChI=1S/C13H16N2O3.ClH/c14-6-9-3-4-15(7-9)13(16)10-1-2-11-12(5-10)18-8-17-11;/h1-2,5,9H,3-4,6-8,14H2;1H. The predicted molar refractivity (Wildman–Crippen MR) is 72.9 cm³/mol. The van der Waals surface area contributed by atoms with Crippen molar-refractivity contribution in [2.24, 2.45) is 11.7 Å². The largest absolute Gasteiger partial charge is 0.454 e. The molecule has 0 aliphatic carbocycles. The highest BCUT2D eigenvalue weighted by atomic mass is 35.5. The van der Waals surface area contributed by atoms with Gasteiger partial charge in [-0.15, -0.1) is 12.4 Å². The second kappa shape index (κ2) is 5.67. The smallest absolute Gasteiger partial charge is 0.254 e. The van der Waals surface area contributed by atoms with Gasteiger partial charge in [0.15, 0.2) is 11.5 Å². The second-order valence-corrected chi connectivity index (χ2v) is 4.71. The van der Waals surface area contributed by atoms with Crippen molar-refractivity contribution in [3.8, 4) is 11.5 Å². The lowest BCUT2D eigenvalue weighted by atomic mass is 10.1. The van der Waals surface area contributed by atoms with Crippen molar-refractivity contribution in [2.45, 2.75) is 6.42 Å². The third-order valence-electron chi connectivity index (χ3n) is 3.53. The van der Waals surface area contributed by atoms with Crippen LogP contribution >= 0.6 is 12.4 Å². The molecule has 2 aliphatic rings. The number of likely N-dealkylation sites (tertiary alicyclic amines) is 1. The highest BCUT2D eigenvalue weighted by Gasteiger charge is 2.27. The number of hydrogen-bond donors (Lipinski definition) is 1. The van der Waals surface area contributed by atoms with Crippen LogP contribution in [0, 0.1) is 5.92 Å². The van der Waals surface area contributed by atoms with Gasteiger partial charge in [0.05, 0.1) is 0 Å². The number of nitrogens with zero attached hydrogens (tertiary/aromatic N) is 1. The van der Waals surface area contributed by atoms with E-state index in [1.165, 1.54) is 0 Å². The minimum Gasteiger partial charge on any atom is -0.454 e. The Balaban J connectivity index is 0.00000133. The SMILES string of the molecule is Cl.NCC1CCN(C(=O)c2ccc3c(c2)OCO3)C1. The van der Waals surface area contributed by atoms with Crippen LogP contribution in [0.4, 0.5) is 0 Å². The number of halogens is 1. The average Bonchev–Trinajstić information content (AvgIpc) is 3.05. The van der Waals surface area contributed by atoms with Crippen LogP contribution in [0.3, 0.4) is 0 Å². The Hall–Kier alpha value is -1.46. The molecule has 1 amide bonds. The van der Waals surface area contributed by atoms with E-state index in [1.807, 2.05) is 4.90 Å². The molecule has 1 unspecified atom stereocenters. The van der Waals surface area contributed by atoms with Crippen molar-refractivity contribution in [2.75, 3.05) is 26.4 Å². The summed E-state index contributed by atoms with van der Waals surface area (Å²) < 4.78 is 10.5. The molecule has 2 aliphatic heterocycles. The van der Waals surface area contributed by atoms with Crippen LogP contribution in [0.2, 0.25) is 0 Å². The van der Waals surface area contributed by atoms with Gasteiger partial charge in [-0.3, -0.25) is 4.79 Å². The van der Waals surface area contributed by atoms with E-state index < -0.39 is 0 Å². The Morgan fingerprint density at radius 2 is 2.16 bits per heavy atom. The maximum atomic E-state index is 12.3. The molecular weight excluding hydrogens is 268 g/mol. The van der Waals surface area contributed by atoms with Gasteiger partial charge in [0, 0.05) is 18.7 Å². The molecule has 0 aromatic heterocycles. The van der Waals surface area contributed by atoms with Crippen LogP contribution in [-0.4, -0.2) is 37.2 Å². The topological polar surface area (TPSA) is 64.8 Å². The van der Waals surface area contributed by atoms with E-state index in [0.29, 0.717) is 29.5 Å². The van der Waals surface area contributed by atoms with E-state index in [1.54, 1.807) is 18.2 Å². The fourth-order valence-corrected chi connectivity index (χ4v) is 2.42. The van der Waals surface area contributed by atoms with E-state index in [9.17, 15) is 4.79 Å². The molecule has 5 nitrogen and oxygen atoms in total. The molecule has 1 aromatic rings. The van der Waals surface area contributed by atoms with Crippen LogP contribution in [0.1, 0.15) is 16.8 Å². The lowest BCUT2D eigenvalue weighted by molar-refractivity contribution is 0.0787. The molecule has 1 aromatic carbocycles. The van der Waals surface area contributed by atoms with E-state index in [2.05, 4.69) is 0 Å². The Kier molecular flexibility index (Phi) is 4.17. The first-order chi connectivity index (χ1) is 8.78. The van der Waals surface area contributed by atoms with Crippen LogP contribution < -0.4 is 15.2 Å². The molecule has 19 heavy (non-hydrogen) atoms. The summed E-state index contributed by atoms with van der Waals surface area (Å²) in [5, 5.41) is 0. The van der Waals surface area contributed by atoms with Gasteiger partial charge in [-0.05, 0) is 37.1 Å². The number of carbonyl (C=O) groups is 1. The summed E-state index contributed by atoms with van der Waals surface area (Å²) in [7, 11) is 0. The number of fused-ring (bicyclic) bond motifs is 1. The van der Waals surface area contributed by atoms with E-state index >= 15 is 0 Å². The summed E-state index contributed by atoms with van der Waals surface area (Å²) in [6.07, 6.45) is 0.993. The molecule has 3 rings (SSSR count). The molecule has 2 heterocycles. The maximum absolute atomic E-state index is 12.3. The Bertz CT molecular complexity index is 481. The number of amides is 1.